The van der Waals surface area contributed by atoms with E-state index in [4.69, 9.17) is 4.74 Å². The van der Waals surface area contributed by atoms with Crippen LogP contribution in [0.5, 0.6) is 0 Å². The molecule has 3 aromatic rings. The summed E-state index contributed by atoms with van der Waals surface area (Å²) >= 11 is 0. The summed E-state index contributed by atoms with van der Waals surface area (Å²) in [5, 5.41) is 4.72. The third-order valence-corrected chi connectivity index (χ3v) is 5.38. The lowest BCUT2D eigenvalue weighted by atomic mass is 10.00. The molecule has 1 atom stereocenters. The summed E-state index contributed by atoms with van der Waals surface area (Å²) in [6, 6.07) is 22.4. The van der Waals surface area contributed by atoms with Crippen molar-refractivity contribution >= 4 is 28.7 Å². The van der Waals surface area contributed by atoms with E-state index in [1.54, 1.807) is 20.8 Å². The van der Waals surface area contributed by atoms with Crippen LogP contribution in [0, 0.1) is 0 Å². The van der Waals surface area contributed by atoms with Crippen LogP contribution < -0.4 is 5.32 Å². The zero-order valence-corrected chi connectivity index (χ0v) is 20.6. The van der Waals surface area contributed by atoms with E-state index in [9.17, 15) is 14.4 Å². The summed E-state index contributed by atoms with van der Waals surface area (Å²) in [6.45, 7) is 5.21. The second kappa shape index (κ2) is 11.5. The topological polar surface area (TPSA) is 84.9 Å². The van der Waals surface area contributed by atoms with Crippen LogP contribution in [0.1, 0.15) is 31.9 Å². The van der Waals surface area contributed by atoms with E-state index in [2.05, 4.69) is 10.1 Å². The minimum atomic E-state index is -0.920. The van der Waals surface area contributed by atoms with E-state index in [1.165, 1.54) is 12.0 Å². The lowest BCUT2D eigenvalue weighted by molar-refractivity contribution is -0.141. The Hall–Kier alpha value is -3.87. The first kappa shape index (κ1) is 25.7. The molecule has 0 heterocycles. The quantitative estimate of drug-likeness (QED) is 0.485. The van der Waals surface area contributed by atoms with Gasteiger partial charge in [0.05, 0.1) is 7.11 Å². The van der Waals surface area contributed by atoms with Crippen molar-refractivity contribution in [3.05, 3.63) is 83.9 Å². The Labute approximate surface area is 206 Å². The van der Waals surface area contributed by atoms with Gasteiger partial charge in [0.25, 0.3) is 0 Å². The van der Waals surface area contributed by atoms with Crippen LogP contribution in [0.25, 0.3) is 10.8 Å². The third kappa shape index (κ3) is 7.57. The maximum atomic E-state index is 13.4. The number of nitrogens with one attached hydrogen (secondary N) is 1. The van der Waals surface area contributed by atoms with E-state index in [0.717, 1.165) is 21.9 Å². The maximum absolute atomic E-state index is 13.4. The van der Waals surface area contributed by atoms with Crippen molar-refractivity contribution in [2.45, 2.75) is 45.4 Å². The van der Waals surface area contributed by atoms with Crippen molar-refractivity contribution in [2.75, 3.05) is 13.7 Å². The first-order valence-electron chi connectivity index (χ1n) is 11.5. The van der Waals surface area contributed by atoms with Crippen molar-refractivity contribution in [3.63, 3.8) is 0 Å². The molecule has 0 aliphatic carbocycles. The predicted octanol–water partition coefficient (Wildman–Crippen LogP) is 4.48. The molecule has 7 nitrogen and oxygen atoms in total. The summed E-state index contributed by atoms with van der Waals surface area (Å²) in [5.41, 5.74) is 0.980. The van der Waals surface area contributed by atoms with Gasteiger partial charge in [-0.2, -0.15) is 0 Å². The van der Waals surface area contributed by atoms with Gasteiger partial charge in [0.15, 0.2) is 0 Å². The summed E-state index contributed by atoms with van der Waals surface area (Å²) in [7, 11) is 1.25. The molecule has 3 rings (SSSR count). The molecule has 3 aromatic carbocycles. The summed E-state index contributed by atoms with van der Waals surface area (Å²) in [5.74, 6) is -1.04. The second-order valence-electron chi connectivity index (χ2n) is 9.29. The van der Waals surface area contributed by atoms with Gasteiger partial charge >= 0.3 is 12.1 Å². The Morgan fingerprint density at radius 1 is 0.886 bits per heavy atom. The Bertz CT molecular complexity index is 1170. The van der Waals surface area contributed by atoms with Gasteiger partial charge < -0.3 is 14.8 Å². The van der Waals surface area contributed by atoms with Gasteiger partial charge in [-0.15, -0.1) is 0 Å². The van der Waals surface area contributed by atoms with Gasteiger partial charge in [-0.1, -0.05) is 72.8 Å². The molecule has 0 bridgehead atoms. The molecular formula is C28H32N2O5. The summed E-state index contributed by atoms with van der Waals surface area (Å²) in [6.07, 6.45) is -0.371. The van der Waals surface area contributed by atoms with Gasteiger partial charge in [-0.3, -0.25) is 14.5 Å². The molecule has 0 aliphatic heterocycles. The van der Waals surface area contributed by atoms with Gasteiger partial charge in [-0.25, -0.2) is 4.79 Å². The fourth-order valence-electron chi connectivity index (χ4n) is 3.69. The van der Waals surface area contributed by atoms with Crippen LogP contribution in [0.4, 0.5) is 4.79 Å². The number of amides is 2. The number of carbonyl (C=O) groups is 3. The van der Waals surface area contributed by atoms with E-state index in [1.807, 2.05) is 72.8 Å². The highest BCUT2D eigenvalue weighted by atomic mass is 16.6. The van der Waals surface area contributed by atoms with E-state index in [-0.39, 0.29) is 19.5 Å². The highest BCUT2D eigenvalue weighted by Gasteiger charge is 2.33. The molecule has 0 aliphatic rings. The van der Waals surface area contributed by atoms with Crippen LogP contribution in [-0.2, 0) is 32.0 Å². The van der Waals surface area contributed by atoms with Crippen molar-refractivity contribution in [1.29, 1.82) is 0 Å². The lowest BCUT2D eigenvalue weighted by Gasteiger charge is -2.33. The van der Waals surface area contributed by atoms with E-state index in [0.29, 0.717) is 0 Å². The molecule has 184 valence electrons. The van der Waals surface area contributed by atoms with E-state index >= 15 is 0 Å². The van der Waals surface area contributed by atoms with E-state index < -0.39 is 29.6 Å². The number of nitrogens with zero attached hydrogens (tertiary/aromatic N) is 1. The summed E-state index contributed by atoms with van der Waals surface area (Å²) in [4.78, 5) is 39.8. The predicted molar refractivity (Wildman–Crippen MR) is 135 cm³/mol. The molecule has 35 heavy (non-hydrogen) atoms. The normalized spacial score (nSPS) is 12.0. The minimum absolute atomic E-state index is 0.166. The molecule has 0 spiro atoms. The van der Waals surface area contributed by atoms with Crippen LogP contribution in [0.3, 0.4) is 0 Å². The molecule has 7 heteroatoms. The maximum Gasteiger partial charge on any atom is 0.411 e. The Kier molecular flexibility index (Phi) is 8.47. The van der Waals surface area contributed by atoms with Gasteiger partial charge in [0.2, 0.25) is 5.91 Å². The smallest absolute Gasteiger partial charge is 0.411 e. The highest BCUT2D eigenvalue weighted by Crippen LogP contribution is 2.21. The summed E-state index contributed by atoms with van der Waals surface area (Å²) < 4.78 is 10.3. The van der Waals surface area contributed by atoms with Gasteiger partial charge in [0.1, 0.15) is 18.2 Å². The van der Waals surface area contributed by atoms with Crippen LogP contribution in [-0.4, -0.2) is 48.2 Å². The number of hydrogen-bond donors (Lipinski definition) is 1. The van der Waals surface area contributed by atoms with Crippen molar-refractivity contribution < 1.29 is 23.9 Å². The van der Waals surface area contributed by atoms with Crippen molar-refractivity contribution in [1.82, 2.24) is 10.2 Å². The van der Waals surface area contributed by atoms with Gasteiger partial charge in [0, 0.05) is 13.0 Å². The number of benzene rings is 3. The third-order valence-electron chi connectivity index (χ3n) is 5.38. The molecular weight excluding hydrogens is 444 g/mol. The molecule has 1 N–H and O–H groups in total. The molecule has 0 fully saturated rings. The van der Waals surface area contributed by atoms with Crippen LogP contribution in [0.2, 0.25) is 0 Å². The number of fused-ring (bicyclic) bond motifs is 1. The van der Waals surface area contributed by atoms with Crippen molar-refractivity contribution in [2.24, 2.45) is 0 Å². The van der Waals surface area contributed by atoms with Crippen LogP contribution in [0.15, 0.2) is 72.8 Å². The monoisotopic (exact) mass is 476 g/mol. The first-order valence-corrected chi connectivity index (χ1v) is 11.5. The van der Waals surface area contributed by atoms with Gasteiger partial charge in [-0.05, 0) is 42.7 Å². The standard InChI is InChI=1S/C28H32N2O5/c1-28(2,3)35-27(33)30(19-20-10-6-5-7-11-20)24(26(32)29-18-25(31)34-4)17-21-14-15-22-12-8-9-13-23(22)16-21/h5-16,24H,17-19H2,1-4H3,(H,29,32)/t24-/m0/s1. The first-order chi connectivity index (χ1) is 16.7. The van der Waals surface area contributed by atoms with Crippen LogP contribution >= 0.6 is 0 Å². The average molecular weight is 477 g/mol. The number of rotatable bonds is 8. The molecule has 0 unspecified atom stereocenters. The Morgan fingerprint density at radius 2 is 1.54 bits per heavy atom. The number of ether oxygens (including phenoxy) is 2. The number of methoxy groups -OCH3 is 1. The zero-order valence-electron chi connectivity index (χ0n) is 20.6. The van der Waals surface area contributed by atoms with Crippen molar-refractivity contribution in [3.8, 4) is 0 Å². The molecule has 0 saturated heterocycles. The number of carbonyl (C=O) groups excluding carboxylic acids is 3. The highest BCUT2D eigenvalue weighted by molar-refractivity contribution is 5.89. The fraction of sp³-hybridized carbons (Fsp3) is 0.321. The lowest BCUT2D eigenvalue weighted by Crippen LogP contribution is -2.52. The molecule has 2 amide bonds. The SMILES string of the molecule is COC(=O)CNC(=O)[C@H](Cc1ccc2ccccc2c1)N(Cc1ccccc1)C(=O)OC(C)(C)C. The largest absolute Gasteiger partial charge is 0.468 e. The number of esters is 1. The Balaban J connectivity index is 1.98. The molecule has 0 saturated carbocycles. The second-order valence-corrected chi connectivity index (χ2v) is 9.29. The zero-order chi connectivity index (χ0) is 25.4. The Morgan fingerprint density at radius 3 is 2.20 bits per heavy atom. The fourth-order valence-corrected chi connectivity index (χ4v) is 3.69. The molecule has 0 aromatic heterocycles. The molecule has 0 radical (unpaired) electrons. The average Bonchev–Trinajstić information content (AvgIpc) is 2.83. The minimum Gasteiger partial charge on any atom is -0.468 e. The number of hydrogen-bond acceptors (Lipinski definition) is 5.